The lowest BCUT2D eigenvalue weighted by Gasteiger charge is -2.23. The smallest absolute Gasteiger partial charge is 0.326 e. The fourth-order valence-electron chi connectivity index (χ4n) is 2.27. The summed E-state index contributed by atoms with van der Waals surface area (Å²) in [6.45, 7) is 2.74. The first-order valence-corrected chi connectivity index (χ1v) is 9.39. The number of carbonyl (C=O) groups excluding carboxylic acids is 2. The van der Waals surface area contributed by atoms with Gasteiger partial charge >= 0.3 is 5.97 Å². The zero-order valence-corrected chi connectivity index (χ0v) is 15.3. The molecule has 0 aliphatic heterocycles. The molecule has 0 unspecified atom stereocenters. The summed E-state index contributed by atoms with van der Waals surface area (Å²) in [4.78, 5) is 23.0. The number of nitrogens with one attached hydrogen (secondary N) is 1. The van der Waals surface area contributed by atoms with E-state index < -0.39 is 22.5 Å². The zero-order chi connectivity index (χ0) is 19.2. The highest BCUT2D eigenvalue weighted by molar-refractivity contribution is 7.92. The van der Waals surface area contributed by atoms with Crippen molar-refractivity contribution in [2.24, 2.45) is 0 Å². The van der Waals surface area contributed by atoms with Crippen molar-refractivity contribution in [3.05, 3.63) is 54.6 Å². The summed E-state index contributed by atoms with van der Waals surface area (Å²) < 4.78 is 32.0. The molecule has 1 N–H and O–H groups in total. The van der Waals surface area contributed by atoms with Gasteiger partial charge in [0.15, 0.2) is 0 Å². The summed E-state index contributed by atoms with van der Waals surface area (Å²) in [5.41, 5.74) is 0.833. The Morgan fingerprint density at radius 2 is 1.65 bits per heavy atom. The van der Waals surface area contributed by atoms with Crippen molar-refractivity contribution in [3.8, 4) is 0 Å². The van der Waals surface area contributed by atoms with Gasteiger partial charge in [0.2, 0.25) is 5.91 Å². The second-order valence-corrected chi connectivity index (χ2v) is 7.22. The van der Waals surface area contributed by atoms with Gasteiger partial charge in [-0.1, -0.05) is 18.2 Å². The SMILES string of the molecule is CCOC(=O)CN(c1ccccc1)S(=O)(=O)c1ccc(NC(C)=O)cc1. The minimum absolute atomic E-state index is 0.000228. The first-order valence-electron chi connectivity index (χ1n) is 7.95. The zero-order valence-electron chi connectivity index (χ0n) is 14.5. The molecule has 8 heteroatoms. The number of ether oxygens (including phenoxy) is 1. The van der Waals surface area contributed by atoms with Gasteiger partial charge in [-0.2, -0.15) is 0 Å². The van der Waals surface area contributed by atoms with Crippen LogP contribution in [0.15, 0.2) is 59.5 Å². The molecule has 0 aromatic heterocycles. The van der Waals surface area contributed by atoms with Gasteiger partial charge in [-0.15, -0.1) is 0 Å². The van der Waals surface area contributed by atoms with Crippen molar-refractivity contribution >= 4 is 33.3 Å². The van der Waals surface area contributed by atoms with Gasteiger partial charge in [-0.25, -0.2) is 8.42 Å². The van der Waals surface area contributed by atoms with E-state index in [9.17, 15) is 18.0 Å². The van der Waals surface area contributed by atoms with Gasteiger partial charge < -0.3 is 10.1 Å². The summed E-state index contributed by atoms with van der Waals surface area (Å²) in [5, 5.41) is 2.57. The molecule has 0 aliphatic rings. The maximum absolute atomic E-state index is 13.0. The number of para-hydroxylation sites is 1. The highest BCUT2D eigenvalue weighted by Crippen LogP contribution is 2.24. The molecule has 0 heterocycles. The number of rotatable bonds is 7. The van der Waals surface area contributed by atoms with Crippen LogP contribution >= 0.6 is 0 Å². The molecule has 0 atom stereocenters. The molecule has 0 saturated heterocycles. The van der Waals surface area contributed by atoms with Crippen LogP contribution in [-0.2, 0) is 24.3 Å². The number of amides is 1. The molecule has 0 saturated carbocycles. The van der Waals surface area contributed by atoms with Crippen molar-refractivity contribution in [1.29, 1.82) is 0 Å². The summed E-state index contributed by atoms with van der Waals surface area (Å²) in [6, 6.07) is 14.0. The summed E-state index contributed by atoms with van der Waals surface area (Å²) in [6.07, 6.45) is 0. The summed E-state index contributed by atoms with van der Waals surface area (Å²) in [7, 11) is -3.99. The Labute approximate surface area is 152 Å². The highest BCUT2D eigenvalue weighted by atomic mass is 32.2. The fourth-order valence-corrected chi connectivity index (χ4v) is 3.68. The lowest BCUT2D eigenvalue weighted by molar-refractivity contribution is -0.141. The first kappa shape index (κ1) is 19.5. The standard InChI is InChI=1S/C18H20N2O5S/c1-3-25-18(22)13-20(16-7-5-4-6-8-16)26(23,24)17-11-9-15(10-12-17)19-14(2)21/h4-12H,3,13H2,1-2H3,(H,19,21). The van der Waals surface area contributed by atoms with Gasteiger partial charge in [0.1, 0.15) is 6.54 Å². The van der Waals surface area contributed by atoms with Gasteiger partial charge in [-0.05, 0) is 43.3 Å². The number of hydrogen-bond donors (Lipinski definition) is 1. The van der Waals surface area contributed by atoms with Crippen LogP contribution < -0.4 is 9.62 Å². The fraction of sp³-hybridized carbons (Fsp3) is 0.222. The van der Waals surface area contributed by atoms with E-state index in [-0.39, 0.29) is 17.4 Å². The Morgan fingerprint density at radius 1 is 1.04 bits per heavy atom. The summed E-state index contributed by atoms with van der Waals surface area (Å²) in [5.74, 6) is -0.899. The molecule has 0 fully saturated rings. The second-order valence-electron chi connectivity index (χ2n) is 5.36. The number of carbonyl (C=O) groups is 2. The van der Waals surface area contributed by atoms with Crippen LogP contribution in [-0.4, -0.2) is 33.4 Å². The number of benzene rings is 2. The van der Waals surface area contributed by atoms with Gasteiger partial charge in [0, 0.05) is 12.6 Å². The quantitative estimate of drug-likeness (QED) is 0.749. The van der Waals surface area contributed by atoms with E-state index >= 15 is 0 Å². The normalized spacial score (nSPS) is 10.8. The van der Waals surface area contributed by atoms with Gasteiger partial charge in [-0.3, -0.25) is 13.9 Å². The third-order valence-electron chi connectivity index (χ3n) is 3.38. The summed E-state index contributed by atoms with van der Waals surface area (Å²) >= 11 is 0. The monoisotopic (exact) mass is 376 g/mol. The molecule has 0 spiro atoms. The topological polar surface area (TPSA) is 92.8 Å². The highest BCUT2D eigenvalue weighted by Gasteiger charge is 2.27. The third-order valence-corrected chi connectivity index (χ3v) is 5.17. The van der Waals surface area contributed by atoms with Gasteiger partial charge in [0.25, 0.3) is 10.0 Å². The number of esters is 1. The van der Waals surface area contributed by atoms with E-state index in [2.05, 4.69) is 5.32 Å². The number of hydrogen-bond acceptors (Lipinski definition) is 5. The van der Waals surface area contributed by atoms with Crippen LogP contribution in [0, 0.1) is 0 Å². The molecular weight excluding hydrogens is 356 g/mol. The Hall–Kier alpha value is -2.87. The van der Waals surface area contributed by atoms with Crippen LogP contribution in [0.3, 0.4) is 0 Å². The lowest BCUT2D eigenvalue weighted by Crippen LogP contribution is -2.36. The molecule has 26 heavy (non-hydrogen) atoms. The Balaban J connectivity index is 2.38. The molecule has 2 aromatic rings. The van der Waals surface area contributed by atoms with Crippen LogP contribution in [0.2, 0.25) is 0 Å². The van der Waals surface area contributed by atoms with E-state index in [0.29, 0.717) is 11.4 Å². The van der Waals surface area contributed by atoms with Crippen molar-refractivity contribution < 1.29 is 22.7 Å². The van der Waals surface area contributed by atoms with E-state index in [4.69, 9.17) is 4.74 Å². The van der Waals surface area contributed by atoms with E-state index in [1.165, 1.54) is 31.2 Å². The number of anilines is 2. The molecule has 7 nitrogen and oxygen atoms in total. The molecule has 0 bridgehead atoms. The molecule has 1 amide bonds. The molecule has 0 aliphatic carbocycles. The average molecular weight is 376 g/mol. The Kier molecular flexibility index (Phi) is 6.35. The van der Waals surface area contributed by atoms with Crippen molar-refractivity contribution in [3.63, 3.8) is 0 Å². The maximum Gasteiger partial charge on any atom is 0.326 e. The molecule has 2 aromatic carbocycles. The average Bonchev–Trinajstić information content (AvgIpc) is 2.60. The number of nitrogens with zero attached hydrogens (tertiary/aromatic N) is 1. The van der Waals surface area contributed by atoms with E-state index in [1.54, 1.807) is 37.3 Å². The van der Waals surface area contributed by atoms with Crippen molar-refractivity contribution in [2.75, 3.05) is 22.8 Å². The Morgan fingerprint density at radius 3 is 2.19 bits per heavy atom. The first-order chi connectivity index (χ1) is 12.3. The Bertz CT molecular complexity index is 864. The molecular formula is C18H20N2O5S. The molecule has 0 radical (unpaired) electrons. The maximum atomic E-state index is 13.0. The second kappa shape index (κ2) is 8.48. The predicted molar refractivity (Wildman–Crippen MR) is 98.4 cm³/mol. The largest absolute Gasteiger partial charge is 0.465 e. The van der Waals surface area contributed by atoms with Crippen LogP contribution in [0.1, 0.15) is 13.8 Å². The predicted octanol–water partition coefficient (Wildman–Crippen LogP) is 2.40. The van der Waals surface area contributed by atoms with Crippen LogP contribution in [0.25, 0.3) is 0 Å². The lowest BCUT2D eigenvalue weighted by atomic mass is 10.3. The molecule has 2 rings (SSSR count). The molecule has 138 valence electrons. The van der Waals surface area contributed by atoms with Gasteiger partial charge in [0.05, 0.1) is 17.2 Å². The van der Waals surface area contributed by atoms with E-state index in [0.717, 1.165) is 4.31 Å². The van der Waals surface area contributed by atoms with Crippen LogP contribution in [0.5, 0.6) is 0 Å². The number of sulfonamides is 1. The van der Waals surface area contributed by atoms with Crippen LogP contribution in [0.4, 0.5) is 11.4 Å². The van der Waals surface area contributed by atoms with Crippen molar-refractivity contribution in [2.45, 2.75) is 18.7 Å². The minimum Gasteiger partial charge on any atom is -0.465 e. The van der Waals surface area contributed by atoms with Crippen molar-refractivity contribution in [1.82, 2.24) is 0 Å². The third kappa shape index (κ3) is 4.82. The van der Waals surface area contributed by atoms with E-state index in [1.807, 2.05) is 0 Å². The minimum atomic E-state index is -3.99.